The van der Waals surface area contributed by atoms with E-state index in [1.807, 2.05) is 49.0 Å². The maximum Gasteiger partial charge on any atom is 0.131 e. The number of hydrogen-bond donors (Lipinski definition) is 1. The zero-order valence-corrected chi connectivity index (χ0v) is 13.0. The van der Waals surface area contributed by atoms with Gasteiger partial charge in [0.15, 0.2) is 0 Å². The summed E-state index contributed by atoms with van der Waals surface area (Å²) in [4.78, 5) is 0. The molecule has 3 nitrogen and oxygen atoms in total. The molecule has 0 spiro atoms. The Balaban J connectivity index is 1.74. The quantitative estimate of drug-likeness (QED) is 0.779. The molecular formula is C18H17F2N3. The normalized spacial score (nSPS) is 10.8. The highest BCUT2D eigenvalue weighted by atomic mass is 19.1. The molecule has 0 fully saturated rings. The number of hydrogen-bond acceptors (Lipinski definition) is 2. The van der Waals surface area contributed by atoms with Gasteiger partial charge in [0.05, 0.1) is 11.4 Å². The largest absolute Gasteiger partial charge is 0.381 e. The van der Waals surface area contributed by atoms with Crippen molar-refractivity contribution in [3.8, 4) is 11.3 Å². The standard InChI is InChI=1S/C18H17F2N3/c1-12-10-18(23(2)22-12)13-6-8-14(9-7-13)21-11-15-16(19)4-3-5-17(15)20/h3-10,21H,11H2,1-2H3. The maximum atomic E-state index is 13.6. The van der Waals surface area contributed by atoms with Crippen LogP contribution in [-0.4, -0.2) is 9.78 Å². The summed E-state index contributed by atoms with van der Waals surface area (Å²) in [6.07, 6.45) is 0. The predicted octanol–water partition coefficient (Wildman–Crippen LogP) is 4.29. The van der Waals surface area contributed by atoms with Gasteiger partial charge < -0.3 is 5.32 Å². The molecule has 0 saturated carbocycles. The lowest BCUT2D eigenvalue weighted by Gasteiger charge is -2.09. The van der Waals surface area contributed by atoms with Crippen molar-refractivity contribution < 1.29 is 8.78 Å². The monoisotopic (exact) mass is 313 g/mol. The van der Waals surface area contributed by atoms with Gasteiger partial charge in [-0.3, -0.25) is 4.68 Å². The molecule has 0 aliphatic heterocycles. The fraction of sp³-hybridized carbons (Fsp3) is 0.167. The van der Waals surface area contributed by atoms with E-state index in [9.17, 15) is 8.78 Å². The van der Waals surface area contributed by atoms with E-state index in [1.54, 1.807) is 0 Å². The topological polar surface area (TPSA) is 29.9 Å². The van der Waals surface area contributed by atoms with Crippen LogP contribution in [-0.2, 0) is 13.6 Å². The third-order valence-electron chi connectivity index (χ3n) is 3.71. The van der Waals surface area contributed by atoms with Gasteiger partial charge in [0.2, 0.25) is 0 Å². The van der Waals surface area contributed by atoms with Gasteiger partial charge in [-0.1, -0.05) is 18.2 Å². The number of halogens is 2. The van der Waals surface area contributed by atoms with E-state index in [2.05, 4.69) is 10.4 Å². The Morgan fingerprint density at radius 1 is 1.04 bits per heavy atom. The third kappa shape index (κ3) is 3.23. The highest BCUT2D eigenvalue weighted by Gasteiger charge is 2.08. The van der Waals surface area contributed by atoms with Crippen LogP contribution in [0.25, 0.3) is 11.3 Å². The van der Waals surface area contributed by atoms with Crippen molar-refractivity contribution in [3.63, 3.8) is 0 Å². The van der Waals surface area contributed by atoms with E-state index in [-0.39, 0.29) is 12.1 Å². The summed E-state index contributed by atoms with van der Waals surface area (Å²) in [5.74, 6) is -1.08. The number of rotatable bonds is 4. The first-order chi connectivity index (χ1) is 11.0. The molecule has 118 valence electrons. The molecule has 0 amide bonds. The van der Waals surface area contributed by atoms with Gasteiger partial charge in [-0.05, 0) is 42.8 Å². The number of anilines is 1. The molecule has 5 heteroatoms. The second-order valence-electron chi connectivity index (χ2n) is 5.43. The average Bonchev–Trinajstić information content (AvgIpc) is 2.86. The average molecular weight is 313 g/mol. The van der Waals surface area contributed by atoms with Crippen molar-refractivity contribution in [2.45, 2.75) is 13.5 Å². The summed E-state index contributed by atoms with van der Waals surface area (Å²) in [6, 6.07) is 13.6. The van der Waals surface area contributed by atoms with E-state index in [0.29, 0.717) is 0 Å². The number of benzene rings is 2. The van der Waals surface area contributed by atoms with Crippen LogP contribution in [0.1, 0.15) is 11.3 Å². The first kappa shape index (κ1) is 15.2. The van der Waals surface area contributed by atoms with Gasteiger partial charge in [-0.2, -0.15) is 5.10 Å². The van der Waals surface area contributed by atoms with E-state index >= 15 is 0 Å². The first-order valence-electron chi connectivity index (χ1n) is 7.32. The third-order valence-corrected chi connectivity index (χ3v) is 3.71. The van der Waals surface area contributed by atoms with Gasteiger partial charge in [-0.25, -0.2) is 8.78 Å². The van der Waals surface area contributed by atoms with E-state index in [0.717, 1.165) is 22.6 Å². The molecule has 0 aliphatic rings. The zero-order chi connectivity index (χ0) is 16.4. The number of aryl methyl sites for hydroxylation is 2. The molecule has 0 radical (unpaired) electrons. The summed E-state index contributed by atoms with van der Waals surface area (Å²) in [5, 5.41) is 7.36. The Kier molecular flexibility index (Phi) is 4.10. The van der Waals surface area contributed by atoms with Crippen molar-refractivity contribution in [2.24, 2.45) is 7.05 Å². The molecule has 0 aliphatic carbocycles. The number of nitrogens with zero attached hydrogens (tertiary/aromatic N) is 2. The summed E-state index contributed by atoms with van der Waals surface area (Å²) >= 11 is 0. The molecule has 0 atom stereocenters. The van der Waals surface area contributed by atoms with Crippen LogP contribution in [0.2, 0.25) is 0 Å². The number of aromatic nitrogens is 2. The minimum absolute atomic E-state index is 0.0406. The van der Waals surface area contributed by atoms with Crippen LogP contribution >= 0.6 is 0 Å². The van der Waals surface area contributed by atoms with Gasteiger partial charge in [0.1, 0.15) is 11.6 Å². The summed E-state index contributed by atoms with van der Waals surface area (Å²) in [5.41, 5.74) is 3.86. The lowest BCUT2D eigenvalue weighted by Crippen LogP contribution is -2.04. The van der Waals surface area contributed by atoms with Crippen LogP contribution in [0.15, 0.2) is 48.5 Å². The Morgan fingerprint density at radius 2 is 1.70 bits per heavy atom. The molecule has 2 aromatic carbocycles. The van der Waals surface area contributed by atoms with E-state index < -0.39 is 11.6 Å². The van der Waals surface area contributed by atoms with Crippen molar-refractivity contribution in [2.75, 3.05) is 5.32 Å². The Morgan fingerprint density at radius 3 is 2.26 bits per heavy atom. The SMILES string of the molecule is Cc1cc(-c2ccc(NCc3c(F)cccc3F)cc2)n(C)n1. The molecule has 1 heterocycles. The van der Waals surface area contributed by atoms with E-state index in [1.165, 1.54) is 18.2 Å². The molecule has 1 N–H and O–H groups in total. The molecule has 3 aromatic rings. The first-order valence-corrected chi connectivity index (χ1v) is 7.32. The summed E-state index contributed by atoms with van der Waals surface area (Å²) < 4.78 is 29.0. The smallest absolute Gasteiger partial charge is 0.131 e. The second-order valence-corrected chi connectivity index (χ2v) is 5.43. The fourth-order valence-electron chi connectivity index (χ4n) is 2.53. The van der Waals surface area contributed by atoms with Crippen molar-refractivity contribution in [3.05, 3.63) is 71.4 Å². The van der Waals surface area contributed by atoms with Gasteiger partial charge >= 0.3 is 0 Å². The fourth-order valence-corrected chi connectivity index (χ4v) is 2.53. The van der Waals surface area contributed by atoms with Crippen LogP contribution in [0.5, 0.6) is 0 Å². The Hall–Kier alpha value is -2.69. The van der Waals surface area contributed by atoms with Gasteiger partial charge in [-0.15, -0.1) is 0 Å². The van der Waals surface area contributed by atoms with E-state index in [4.69, 9.17) is 0 Å². The van der Waals surface area contributed by atoms with Crippen LogP contribution in [0.3, 0.4) is 0 Å². The molecule has 0 bridgehead atoms. The summed E-state index contributed by atoms with van der Waals surface area (Å²) in [7, 11) is 1.90. The van der Waals surface area contributed by atoms with Crippen LogP contribution in [0.4, 0.5) is 14.5 Å². The second kappa shape index (κ2) is 6.20. The maximum absolute atomic E-state index is 13.6. The van der Waals surface area contributed by atoms with Gasteiger partial charge in [0, 0.05) is 24.8 Å². The molecule has 0 unspecified atom stereocenters. The number of nitrogens with one attached hydrogen (secondary N) is 1. The van der Waals surface area contributed by atoms with Crippen molar-refractivity contribution in [1.29, 1.82) is 0 Å². The molecular weight excluding hydrogens is 296 g/mol. The molecule has 0 saturated heterocycles. The van der Waals surface area contributed by atoms with Crippen LogP contribution < -0.4 is 5.32 Å². The van der Waals surface area contributed by atoms with Crippen molar-refractivity contribution in [1.82, 2.24) is 9.78 Å². The van der Waals surface area contributed by atoms with Crippen molar-refractivity contribution >= 4 is 5.69 Å². The van der Waals surface area contributed by atoms with Gasteiger partial charge in [0.25, 0.3) is 0 Å². The summed E-state index contributed by atoms with van der Waals surface area (Å²) in [6.45, 7) is 2.05. The lowest BCUT2D eigenvalue weighted by molar-refractivity contribution is 0.560. The molecule has 23 heavy (non-hydrogen) atoms. The molecule has 3 rings (SSSR count). The highest BCUT2D eigenvalue weighted by Crippen LogP contribution is 2.22. The Bertz CT molecular complexity index is 803. The zero-order valence-electron chi connectivity index (χ0n) is 13.0. The lowest BCUT2D eigenvalue weighted by atomic mass is 10.1. The Labute approximate surface area is 133 Å². The molecule has 1 aromatic heterocycles. The minimum atomic E-state index is -0.542. The minimum Gasteiger partial charge on any atom is -0.381 e. The highest BCUT2D eigenvalue weighted by molar-refractivity contribution is 5.63. The van der Waals surface area contributed by atoms with Crippen LogP contribution in [0, 0.1) is 18.6 Å². The predicted molar refractivity (Wildman–Crippen MR) is 87.1 cm³/mol.